The minimum atomic E-state index is -1.03. The number of hydrogen-bond donors (Lipinski definition) is 2. The Bertz CT molecular complexity index is 1260. The molecule has 0 spiro atoms. The molecule has 194 valence electrons. The van der Waals surface area contributed by atoms with E-state index in [1.54, 1.807) is 29.7 Å². The van der Waals surface area contributed by atoms with Crippen LogP contribution in [0.25, 0.3) is 5.65 Å². The van der Waals surface area contributed by atoms with Gasteiger partial charge in [-0.15, -0.1) is 0 Å². The van der Waals surface area contributed by atoms with Gasteiger partial charge < -0.3 is 15.2 Å². The minimum absolute atomic E-state index is 0.200. The highest BCUT2D eigenvalue weighted by molar-refractivity contribution is 5.95. The van der Waals surface area contributed by atoms with Gasteiger partial charge in [0, 0.05) is 23.8 Å². The Balaban J connectivity index is 1.76. The minimum Gasteiger partial charge on any atom is -0.485 e. The maximum absolute atomic E-state index is 14.0. The second-order valence-corrected chi connectivity index (χ2v) is 10.2. The summed E-state index contributed by atoms with van der Waals surface area (Å²) in [5.74, 6) is -1.54. The number of nitrogens with zero attached hydrogens (tertiary/aromatic N) is 3. The number of fused-ring (bicyclic) bond motifs is 1. The average Bonchev–Trinajstić information content (AvgIpc) is 3.08. The predicted octanol–water partition coefficient (Wildman–Crippen LogP) is 5.18. The molecular weight excluding hydrogens is 470 g/mol. The number of amides is 2. The van der Waals surface area contributed by atoms with Crippen molar-refractivity contribution in [3.63, 3.8) is 0 Å². The molecule has 3 rings (SSSR count). The summed E-state index contributed by atoms with van der Waals surface area (Å²) in [6.45, 7) is 10.7. The zero-order valence-electron chi connectivity index (χ0n) is 21.4. The van der Waals surface area contributed by atoms with Gasteiger partial charge in [-0.05, 0) is 72.2 Å². The van der Waals surface area contributed by atoms with Crippen LogP contribution in [-0.2, 0) is 6.61 Å². The molecule has 2 heterocycles. The number of benzene rings is 1. The Morgan fingerprint density at radius 2 is 1.75 bits per heavy atom. The molecule has 2 amide bonds. The summed E-state index contributed by atoms with van der Waals surface area (Å²) in [6, 6.07) is 6.85. The predicted molar refractivity (Wildman–Crippen MR) is 131 cm³/mol. The Morgan fingerprint density at radius 1 is 1.11 bits per heavy atom. The summed E-state index contributed by atoms with van der Waals surface area (Å²) in [5, 5.41) is 12.6. The molecule has 0 aliphatic carbocycles. The lowest BCUT2D eigenvalue weighted by Crippen LogP contribution is -2.57. The van der Waals surface area contributed by atoms with Gasteiger partial charge in [0.2, 0.25) is 0 Å². The molecule has 0 aliphatic heterocycles. The number of hydrogen-bond acceptors (Lipinski definition) is 4. The van der Waals surface area contributed by atoms with Crippen LogP contribution in [0.4, 0.5) is 13.6 Å². The van der Waals surface area contributed by atoms with Crippen LogP contribution in [0, 0.1) is 18.6 Å². The highest BCUT2D eigenvalue weighted by atomic mass is 19.1. The van der Waals surface area contributed by atoms with Crippen LogP contribution in [0.1, 0.15) is 62.8 Å². The van der Waals surface area contributed by atoms with Gasteiger partial charge in [0.1, 0.15) is 23.9 Å². The monoisotopic (exact) mass is 502 g/mol. The van der Waals surface area contributed by atoms with Crippen LogP contribution in [0.15, 0.2) is 36.5 Å². The maximum atomic E-state index is 14.0. The van der Waals surface area contributed by atoms with Crippen LogP contribution in [-0.4, -0.2) is 49.0 Å². The molecule has 36 heavy (non-hydrogen) atoms. The van der Waals surface area contributed by atoms with Gasteiger partial charge in [-0.2, -0.15) is 0 Å². The third-order valence-corrected chi connectivity index (χ3v) is 5.93. The van der Waals surface area contributed by atoms with Crippen molar-refractivity contribution in [2.45, 2.75) is 65.6 Å². The van der Waals surface area contributed by atoms with Crippen molar-refractivity contribution in [3.05, 3.63) is 65.1 Å². The number of rotatable bonds is 8. The van der Waals surface area contributed by atoms with E-state index in [9.17, 15) is 23.5 Å². The Labute approximate surface area is 208 Å². The van der Waals surface area contributed by atoms with E-state index in [-0.39, 0.29) is 36.1 Å². The normalized spacial score (nSPS) is 12.0. The van der Waals surface area contributed by atoms with Crippen molar-refractivity contribution in [3.8, 4) is 5.75 Å². The van der Waals surface area contributed by atoms with Crippen molar-refractivity contribution >= 4 is 17.6 Å². The summed E-state index contributed by atoms with van der Waals surface area (Å²) in [7, 11) is 0. The van der Waals surface area contributed by atoms with E-state index in [4.69, 9.17) is 4.74 Å². The van der Waals surface area contributed by atoms with Gasteiger partial charge in [0.15, 0.2) is 11.4 Å². The highest BCUT2D eigenvalue weighted by Crippen LogP contribution is 2.28. The summed E-state index contributed by atoms with van der Waals surface area (Å²) < 4.78 is 35.2. The van der Waals surface area contributed by atoms with Gasteiger partial charge in [-0.3, -0.25) is 14.1 Å². The number of carboxylic acid groups (broad SMARTS) is 1. The van der Waals surface area contributed by atoms with E-state index < -0.39 is 28.8 Å². The van der Waals surface area contributed by atoms with E-state index in [1.165, 1.54) is 11.0 Å². The summed E-state index contributed by atoms with van der Waals surface area (Å²) in [6.07, 6.45) is 1.01. The molecule has 1 aromatic carbocycles. The number of nitrogens with one attached hydrogen (secondary N) is 1. The smallest absolute Gasteiger partial charge is 0.408 e. The first-order valence-electron chi connectivity index (χ1n) is 11.6. The Kier molecular flexibility index (Phi) is 7.56. The van der Waals surface area contributed by atoms with Gasteiger partial charge in [0.25, 0.3) is 5.91 Å². The third kappa shape index (κ3) is 5.58. The molecule has 0 radical (unpaired) electrons. The third-order valence-electron chi connectivity index (χ3n) is 5.93. The molecule has 8 nitrogen and oxygen atoms in total. The Hall–Kier alpha value is -3.69. The summed E-state index contributed by atoms with van der Waals surface area (Å²) in [5.41, 5.74) is -0.469. The number of ether oxygens (including phenoxy) is 1. The van der Waals surface area contributed by atoms with Crippen molar-refractivity contribution in [2.75, 3.05) is 6.54 Å². The first kappa shape index (κ1) is 26.9. The maximum Gasteiger partial charge on any atom is 0.408 e. The number of pyridine rings is 1. The molecule has 0 atom stereocenters. The lowest BCUT2D eigenvalue weighted by atomic mass is 9.92. The second kappa shape index (κ2) is 10.1. The molecular formula is C26H32F2N4O4. The first-order chi connectivity index (χ1) is 16.7. The topological polar surface area (TPSA) is 96.2 Å². The quantitative estimate of drug-likeness (QED) is 0.443. The van der Waals surface area contributed by atoms with Crippen molar-refractivity contribution < 1.29 is 28.2 Å². The zero-order valence-corrected chi connectivity index (χ0v) is 21.4. The summed E-state index contributed by atoms with van der Waals surface area (Å²) in [4.78, 5) is 30.7. The van der Waals surface area contributed by atoms with Gasteiger partial charge in [-0.25, -0.2) is 18.6 Å². The molecule has 0 aliphatic rings. The lowest BCUT2D eigenvalue weighted by Gasteiger charge is -2.45. The number of halogens is 2. The first-order valence-corrected chi connectivity index (χ1v) is 11.6. The molecule has 0 saturated carbocycles. The molecule has 0 bridgehead atoms. The SMILES string of the molecule is Cc1nc2c(OCc3c(F)cccc3F)cccn2c1C(=O)NCCC(C)(C)N(C(=O)O)C(C)(C)C. The number of aryl methyl sites for hydroxylation is 1. The van der Waals surface area contributed by atoms with Crippen molar-refractivity contribution in [1.29, 1.82) is 0 Å². The largest absolute Gasteiger partial charge is 0.485 e. The second-order valence-electron chi connectivity index (χ2n) is 10.2. The lowest BCUT2D eigenvalue weighted by molar-refractivity contribution is 0.0294. The number of imidazole rings is 1. The van der Waals surface area contributed by atoms with Crippen LogP contribution in [0.3, 0.4) is 0 Å². The molecule has 0 saturated heterocycles. The fraction of sp³-hybridized carbons (Fsp3) is 0.423. The number of carbonyl (C=O) groups is 2. The van der Waals surface area contributed by atoms with E-state index in [0.29, 0.717) is 17.8 Å². The van der Waals surface area contributed by atoms with Crippen LogP contribution < -0.4 is 10.1 Å². The standard InChI is InChI=1S/C26H32F2N4O4/c1-16-21(23(33)29-13-12-26(5,6)32(24(34)35)25(2,3)4)31-14-8-11-20(22(31)30-16)36-15-17-18(27)9-7-10-19(17)28/h7-11,14H,12-13,15H2,1-6H3,(H,29,33)(H,34,35). The Morgan fingerprint density at radius 3 is 2.33 bits per heavy atom. The molecule has 10 heteroatoms. The molecule has 0 fully saturated rings. The van der Waals surface area contributed by atoms with Crippen LogP contribution >= 0.6 is 0 Å². The molecule has 2 aromatic heterocycles. The van der Waals surface area contributed by atoms with Crippen molar-refractivity contribution in [2.24, 2.45) is 0 Å². The van der Waals surface area contributed by atoms with E-state index >= 15 is 0 Å². The molecule has 2 N–H and O–H groups in total. The number of aromatic nitrogens is 2. The fourth-order valence-electron chi connectivity index (χ4n) is 4.49. The molecule has 0 unspecified atom stereocenters. The summed E-state index contributed by atoms with van der Waals surface area (Å²) >= 11 is 0. The highest BCUT2D eigenvalue weighted by Gasteiger charge is 2.38. The van der Waals surface area contributed by atoms with Crippen LogP contribution in [0.5, 0.6) is 5.75 Å². The number of carbonyl (C=O) groups excluding carboxylic acids is 1. The zero-order chi connectivity index (χ0) is 26.8. The average molecular weight is 503 g/mol. The van der Waals surface area contributed by atoms with E-state index in [0.717, 1.165) is 12.1 Å². The van der Waals surface area contributed by atoms with Gasteiger partial charge in [-0.1, -0.05) is 6.07 Å². The molecule has 3 aromatic rings. The van der Waals surface area contributed by atoms with E-state index in [1.807, 2.05) is 34.6 Å². The van der Waals surface area contributed by atoms with Gasteiger partial charge in [0.05, 0.1) is 11.3 Å². The van der Waals surface area contributed by atoms with Crippen LogP contribution in [0.2, 0.25) is 0 Å². The van der Waals surface area contributed by atoms with Crippen molar-refractivity contribution in [1.82, 2.24) is 19.6 Å². The van der Waals surface area contributed by atoms with Gasteiger partial charge >= 0.3 is 6.09 Å². The van der Waals surface area contributed by atoms with E-state index in [2.05, 4.69) is 10.3 Å². The fourth-order valence-corrected chi connectivity index (χ4v) is 4.49.